The van der Waals surface area contributed by atoms with Crippen molar-refractivity contribution < 1.29 is 10.0 Å². The quantitative estimate of drug-likeness (QED) is 0.343. The molecule has 1 amide bonds. The van der Waals surface area contributed by atoms with E-state index in [1.54, 1.807) is 18.2 Å². The Hall–Kier alpha value is -1.40. The van der Waals surface area contributed by atoms with Gasteiger partial charge in [0.05, 0.1) is 5.69 Å². The van der Waals surface area contributed by atoms with Gasteiger partial charge in [0.25, 0.3) is 0 Å². The van der Waals surface area contributed by atoms with E-state index in [9.17, 15) is 4.79 Å². The van der Waals surface area contributed by atoms with Crippen molar-refractivity contribution >= 4 is 40.8 Å². The molecule has 1 heterocycles. The zero-order valence-corrected chi connectivity index (χ0v) is 13.1. The van der Waals surface area contributed by atoms with E-state index < -0.39 is 0 Å². The Balaban J connectivity index is 2.07. The first kappa shape index (κ1) is 16.0. The van der Waals surface area contributed by atoms with Crippen molar-refractivity contribution in [2.24, 2.45) is 16.8 Å². The molecule has 0 unspecified atom stereocenters. The van der Waals surface area contributed by atoms with Crippen LogP contribution in [0.1, 0.15) is 24.8 Å². The number of nitrogens with one attached hydrogen (secondary N) is 1. The Morgan fingerprint density at radius 1 is 1.48 bits per heavy atom. The molecule has 2 rings (SSSR count). The molecule has 0 radical (unpaired) electrons. The van der Waals surface area contributed by atoms with E-state index in [2.05, 4.69) is 10.5 Å². The van der Waals surface area contributed by atoms with Crippen LogP contribution in [0.5, 0.6) is 0 Å². The highest BCUT2D eigenvalue weighted by Crippen LogP contribution is 2.26. The Kier molecular flexibility index (Phi) is 5.76. The summed E-state index contributed by atoms with van der Waals surface area (Å²) < 4.78 is 0. The molecule has 4 N–H and O–H groups in total. The molecule has 5 nitrogen and oxygen atoms in total. The van der Waals surface area contributed by atoms with Crippen LogP contribution in [0.2, 0.25) is 5.02 Å². The molecule has 1 aliphatic rings. The monoisotopic (exact) mass is 327 g/mol. The van der Waals surface area contributed by atoms with Gasteiger partial charge in [0, 0.05) is 17.0 Å². The van der Waals surface area contributed by atoms with Crippen molar-refractivity contribution in [2.75, 3.05) is 16.8 Å². The zero-order chi connectivity index (χ0) is 15.2. The van der Waals surface area contributed by atoms with Gasteiger partial charge in [0.2, 0.25) is 5.91 Å². The molecule has 21 heavy (non-hydrogen) atoms. The number of amides is 1. The van der Waals surface area contributed by atoms with Crippen LogP contribution in [0, 0.1) is 5.92 Å². The number of amidine groups is 1. The molecule has 1 saturated heterocycles. The van der Waals surface area contributed by atoms with Gasteiger partial charge in [-0.15, -0.1) is 0 Å². The Morgan fingerprint density at radius 2 is 2.19 bits per heavy atom. The molecule has 1 fully saturated rings. The lowest BCUT2D eigenvalue weighted by Crippen LogP contribution is -2.22. The number of hydrogen-bond acceptors (Lipinski definition) is 4. The fourth-order valence-electron chi connectivity index (χ4n) is 2.31. The van der Waals surface area contributed by atoms with Gasteiger partial charge in [-0.05, 0) is 48.5 Å². The Labute approximate surface area is 132 Å². The summed E-state index contributed by atoms with van der Waals surface area (Å²) >= 11 is 7.87. The van der Waals surface area contributed by atoms with Crippen molar-refractivity contribution in [3.63, 3.8) is 0 Å². The third kappa shape index (κ3) is 4.54. The molecule has 1 aromatic rings. The maximum Gasteiger partial charge on any atom is 0.224 e. The summed E-state index contributed by atoms with van der Waals surface area (Å²) in [6.45, 7) is 0. The van der Waals surface area contributed by atoms with E-state index >= 15 is 0 Å². The number of rotatable bonds is 4. The average molecular weight is 328 g/mol. The number of nitrogens with zero attached hydrogens (tertiary/aromatic N) is 1. The maximum atomic E-state index is 12.2. The van der Waals surface area contributed by atoms with Crippen molar-refractivity contribution in [1.82, 2.24) is 0 Å². The molecule has 0 atom stereocenters. The number of oxime groups is 1. The van der Waals surface area contributed by atoms with Gasteiger partial charge in [-0.1, -0.05) is 16.8 Å². The minimum absolute atomic E-state index is 0.0592. The smallest absolute Gasteiger partial charge is 0.224 e. The van der Waals surface area contributed by atoms with Crippen LogP contribution in [0.25, 0.3) is 0 Å². The fourth-order valence-corrected chi connectivity index (χ4v) is 3.69. The largest absolute Gasteiger partial charge is 0.409 e. The third-order valence-corrected chi connectivity index (χ3v) is 4.74. The van der Waals surface area contributed by atoms with Crippen LogP contribution in [-0.2, 0) is 4.79 Å². The van der Waals surface area contributed by atoms with Crippen molar-refractivity contribution in [3.8, 4) is 0 Å². The number of carbonyl (C=O) groups is 1. The number of hydrogen-bond donors (Lipinski definition) is 3. The second kappa shape index (κ2) is 7.56. The van der Waals surface area contributed by atoms with Crippen LogP contribution in [0.4, 0.5) is 5.69 Å². The highest BCUT2D eigenvalue weighted by atomic mass is 35.5. The standard InChI is InChI=1S/C14H18ClN3O2S/c15-10-1-2-11(14(16)18-20)12(8-10)17-13(19)7-9-3-5-21-6-4-9/h1-2,8-9,20H,3-7H2,(H2,16,18)(H,17,19). The molecule has 1 aromatic carbocycles. The molecule has 0 aromatic heterocycles. The van der Waals surface area contributed by atoms with Gasteiger partial charge >= 0.3 is 0 Å². The summed E-state index contributed by atoms with van der Waals surface area (Å²) in [6, 6.07) is 4.84. The van der Waals surface area contributed by atoms with E-state index in [0.29, 0.717) is 28.6 Å². The summed E-state index contributed by atoms with van der Waals surface area (Å²) in [4.78, 5) is 12.2. The zero-order valence-electron chi connectivity index (χ0n) is 11.5. The highest BCUT2D eigenvalue weighted by Gasteiger charge is 2.18. The lowest BCUT2D eigenvalue weighted by atomic mass is 9.98. The normalized spacial score (nSPS) is 16.7. The van der Waals surface area contributed by atoms with Crippen LogP contribution >= 0.6 is 23.4 Å². The highest BCUT2D eigenvalue weighted by molar-refractivity contribution is 7.99. The maximum absolute atomic E-state index is 12.2. The lowest BCUT2D eigenvalue weighted by Gasteiger charge is -2.21. The van der Waals surface area contributed by atoms with E-state index in [4.69, 9.17) is 22.5 Å². The summed E-state index contributed by atoms with van der Waals surface area (Å²) in [7, 11) is 0. The van der Waals surface area contributed by atoms with Crippen molar-refractivity contribution in [2.45, 2.75) is 19.3 Å². The van der Waals surface area contributed by atoms with Crippen LogP contribution < -0.4 is 11.1 Å². The second-order valence-corrected chi connectivity index (χ2v) is 6.64. The Morgan fingerprint density at radius 3 is 2.86 bits per heavy atom. The molecule has 114 valence electrons. The van der Waals surface area contributed by atoms with E-state index in [1.807, 2.05) is 11.8 Å². The van der Waals surface area contributed by atoms with Crippen molar-refractivity contribution in [3.05, 3.63) is 28.8 Å². The summed E-state index contributed by atoms with van der Waals surface area (Å²) in [5.74, 6) is 2.53. The van der Waals surface area contributed by atoms with E-state index in [-0.39, 0.29) is 11.7 Å². The molecule has 0 spiro atoms. The first-order chi connectivity index (χ1) is 10.1. The number of nitrogens with two attached hydrogens (primary N) is 1. The Bertz CT molecular complexity index is 545. The topological polar surface area (TPSA) is 87.7 Å². The van der Waals surface area contributed by atoms with Gasteiger partial charge in [-0.25, -0.2) is 0 Å². The van der Waals surface area contributed by atoms with E-state index in [0.717, 1.165) is 24.3 Å². The summed E-state index contributed by atoms with van der Waals surface area (Å²) in [5, 5.41) is 15.1. The SMILES string of the molecule is N/C(=N/O)c1ccc(Cl)cc1NC(=O)CC1CCSCC1. The minimum Gasteiger partial charge on any atom is -0.409 e. The third-order valence-electron chi connectivity index (χ3n) is 3.45. The van der Waals surface area contributed by atoms with Crippen LogP contribution in [0.3, 0.4) is 0 Å². The van der Waals surface area contributed by atoms with Gasteiger partial charge in [0.15, 0.2) is 5.84 Å². The van der Waals surface area contributed by atoms with Gasteiger partial charge in [0.1, 0.15) is 0 Å². The fraction of sp³-hybridized carbons (Fsp3) is 0.429. The second-order valence-electron chi connectivity index (χ2n) is 4.98. The van der Waals surface area contributed by atoms with Gasteiger partial charge in [-0.3, -0.25) is 4.79 Å². The predicted molar refractivity (Wildman–Crippen MR) is 87.3 cm³/mol. The van der Waals surface area contributed by atoms with Gasteiger partial charge < -0.3 is 16.3 Å². The van der Waals surface area contributed by atoms with Crippen LogP contribution in [-0.4, -0.2) is 28.5 Å². The van der Waals surface area contributed by atoms with Crippen molar-refractivity contribution in [1.29, 1.82) is 0 Å². The van der Waals surface area contributed by atoms with E-state index in [1.165, 1.54) is 0 Å². The van der Waals surface area contributed by atoms with Crippen LogP contribution in [0.15, 0.2) is 23.4 Å². The number of carbonyl (C=O) groups excluding carboxylic acids is 1. The molecular weight excluding hydrogens is 310 g/mol. The summed E-state index contributed by atoms with van der Waals surface area (Å²) in [5.41, 5.74) is 6.53. The molecule has 0 aliphatic carbocycles. The molecule has 1 aliphatic heterocycles. The predicted octanol–water partition coefficient (Wildman–Crippen LogP) is 2.91. The molecule has 0 saturated carbocycles. The molecular formula is C14H18ClN3O2S. The lowest BCUT2D eigenvalue weighted by molar-refractivity contribution is -0.117. The number of halogens is 1. The average Bonchev–Trinajstić information content (AvgIpc) is 2.47. The number of thioether (sulfide) groups is 1. The number of anilines is 1. The molecule has 7 heteroatoms. The number of benzene rings is 1. The minimum atomic E-state index is -0.0684. The molecule has 0 bridgehead atoms. The summed E-state index contributed by atoms with van der Waals surface area (Å²) in [6.07, 6.45) is 2.63. The first-order valence-corrected chi connectivity index (χ1v) is 8.28. The first-order valence-electron chi connectivity index (χ1n) is 6.75. The van der Waals surface area contributed by atoms with Gasteiger partial charge in [-0.2, -0.15) is 11.8 Å².